The Morgan fingerprint density at radius 3 is 2.35 bits per heavy atom. The van der Waals surface area contributed by atoms with E-state index in [9.17, 15) is 27.9 Å². The van der Waals surface area contributed by atoms with Gasteiger partial charge in [-0.05, 0) is 87.7 Å². The molecule has 1 amide bonds. The van der Waals surface area contributed by atoms with Crippen molar-refractivity contribution in [3.05, 3.63) is 47.7 Å². The van der Waals surface area contributed by atoms with Gasteiger partial charge in [0.05, 0.1) is 12.0 Å². The normalized spacial score (nSPS) is 21.7. The molecule has 216 valence electrons. The van der Waals surface area contributed by atoms with Gasteiger partial charge in [0, 0.05) is 36.5 Å². The van der Waals surface area contributed by atoms with Gasteiger partial charge in [-0.15, -0.1) is 0 Å². The minimum absolute atomic E-state index is 0.114. The second-order valence-corrected chi connectivity index (χ2v) is 11.6. The number of likely N-dealkylation sites (tertiary alicyclic amines) is 2. The Bertz CT molecular complexity index is 1220. The molecule has 2 aliphatic heterocycles. The summed E-state index contributed by atoms with van der Waals surface area (Å²) in [4.78, 5) is 32.3. The zero-order chi connectivity index (χ0) is 28.5. The molecule has 2 aromatic rings. The molecule has 1 atom stereocenters. The molecule has 1 aliphatic carbocycles. The SMILES string of the molecule is Cc1cc(-c2ccc(OCC3CCN(CC4(C(F)(F)F)CCC4)CC3)nc2)ccc1C(=O)N1CCCC1C(=O)O. The molecule has 3 fully saturated rings. The van der Waals surface area contributed by atoms with Crippen molar-refractivity contribution in [2.24, 2.45) is 11.3 Å². The van der Waals surface area contributed by atoms with Crippen LogP contribution in [0.15, 0.2) is 36.5 Å². The van der Waals surface area contributed by atoms with E-state index in [2.05, 4.69) is 4.98 Å². The largest absolute Gasteiger partial charge is 0.480 e. The fourth-order valence-corrected chi connectivity index (χ4v) is 6.22. The fraction of sp³-hybridized carbons (Fsp3) is 0.567. The third-order valence-corrected chi connectivity index (χ3v) is 8.94. The summed E-state index contributed by atoms with van der Waals surface area (Å²) >= 11 is 0. The lowest BCUT2D eigenvalue weighted by atomic mass is 9.67. The first-order chi connectivity index (χ1) is 19.1. The Hall–Kier alpha value is -3.14. The maximum Gasteiger partial charge on any atom is 0.395 e. The van der Waals surface area contributed by atoms with Gasteiger partial charge in [0.15, 0.2) is 0 Å². The van der Waals surface area contributed by atoms with Gasteiger partial charge >= 0.3 is 12.1 Å². The number of carboxylic acid groups (broad SMARTS) is 1. The molecule has 1 aromatic heterocycles. The molecule has 0 spiro atoms. The minimum atomic E-state index is -4.12. The molecule has 3 aliphatic rings. The van der Waals surface area contributed by atoms with Crippen LogP contribution in [0.1, 0.15) is 60.9 Å². The first-order valence-electron chi connectivity index (χ1n) is 14.1. The summed E-state index contributed by atoms with van der Waals surface area (Å²) in [6.45, 7) is 4.20. The molecular weight excluding hydrogens is 523 g/mol. The second-order valence-electron chi connectivity index (χ2n) is 11.6. The molecule has 1 aromatic carbocycles. The van der Waals surface area contributed by atoms with Crippen LogP contribution < -0.4 is 4.74 Å². The number of hydrogen-bond acceptors (Lipinski definition) is 5. The topological polar surface area (TPSA) is 83.0 Å². The van der Waals surface area contributed by atoms with Gasteiger partial charge < -0.3 is 19.6 Å². The lowest BCUT2D eigenvalue weighted by Gasteiger charge is -2.47. The summed E-state index contributed by atoms with van der Waals surface area (Å²) in [7, 11) is 0. The third-order valence-electron chi connectivity index (χ3n) is 8.94. The number of hydrogen-bond donors (Lipinski definition) is 1. The first-order valence-corrected chi connectivity index (χ1v) is 14.1. The van der Waals surface area contributed by atoms with Gasteiger partial charge in [-0.2, -0.15) is 13.2 Å². The van der Waals surface area contributed by atoms with Crippen molar-refractivity contribution < 1.29 is 32.6 Å². The summed E-state index contributed by atoms with van der Waals surface area (Å²) in [6, 6.07) is 8.40. The van der Waals surface area contributed by atoms with Crippen molar-refractivity contribution >= 4 is 11.9 Å². The molecule has 40 heavy (non-hydrogen) atoms. The predicted octanol–water partition coefficient (Wildman–Crippen LogP) is 5.57. The van der Waals surface area contributed by atoms with E-state index in [-0.39, 0.29) is 31.2 Å². The molecule has 10 heteroatoms. The highest BCUT2D eigenvalue weighted by Crippen LogP contribution is 2.53. The number of amides is 1. The summed E-state index contributed by atoms with van der Waals surface area (Å²) in [5.74, 6) is -0.453. The Kier molecular flexibility index (Phi) is 8.08. The van der Waals surface area contributed by atoms with Crippen molar-refractivity contribution in [1.29, 1.82) is 0 Å². The zero-order valence-corrected chi connectivity index (χ0v) is 22.8. The number of alkyl halides is 3. The van der Waals surface area contributed by atoms with E-state index in [0.717, 1.165) is 29.5 Å². The van der Waals surface area contributed by atoms with Crippen LogP contribution in [-0.2, 0) is 4.79 Å². The molecular formula is C30H36F3N3O4. The molecule has 7 nitrogen and oxygen atoms in total. The first kappa shape index (κ1) is 28.4. The minimum Gasteiger partial charge on any atom is -0.480 e. The standard InChI is InChI=1S/C30H36F3N3O4/c1-20-16-22(5-7-24(20)27(37)36-13-2-4-25(36)28(38)39)23-6-8-26(34-17-23)40-18-21-9-14-35(15-10-21)19-29(11-3-12-29)30(31,32)33/h5-8,16-17,21,25H,2-4,9-15,18-19H2,1H3,(H,38,39). The molecule has 0 bridgehead atoms. The van der Waals surface area contributed by atoms with Crippen LogP contribution in [0.5, 0.6) is 5.88 Å². The molecule has 3 heterocycles. The maximum atomic E-state index is 13.5. The second kappa shape index (κ2) is 11.4. The fourth-order valence-electron chi connectivity index (χ4n) is 6.22. The van der Waals surface area contributed by atoms with E-state index in [4.69, 9.17) is 4.74 Å². The number of nitrogens with zero attached hydrogens (tertiary/aromatic N) is 3. The van der Waals surface area contributed by atoms with Gasteiger partial charge in [-0.25, -0.2) is 9.78 Å². The van der Waals surface area contributed by atoms with Crippen LogP contribution in [0.4, 0.5) is 13.2 Å². The Morgan fingerprint density at radius 1 is 1.05 bits per heavy atom. The summed E-state index contributed by atoms with van der Waals surface area (Å²) in [5, 5.41) is 9.41. The van der Waals surface area contributed by atoms with E-state index in [1.807, 2.05) is 30.0 Å². The Balaban J connectivity index is 1.12. The number of pyridine rings is 1. The third kappa shape index (κ3) is 5.82. The molecule has 1 N–H and O–H groups in total. The van der Waals surface area contributed by atoms with Crippen LogP contribution in [-0.4, -0.2) is 76.8 Å². The molecule has 1 unspecified atom stereocenters. The number of aromatic nitrogens is 1. The number of aliphatic carboxylic acids is 1. The van der Waals surface area contributed by atoms with Crippen LogP contribution in [0.3, 0.4) is 0 Å². The number of aryl methyl sites for hydroxylation is 1. The van der Waals surface area contributed by atoms with Crippen LogP contribution in [0, 0.1) is 18.3 Å². The van der Waals surface area contributed by atoms with E-state index >= 15 is 0 Å². The van der Waals surface area contributed by atoms with Crippen molar-refractivity contribution in [1.82, 2.24) is 14.8 Å². The monoisotopic (exact) mass is 559 g/mol. The Morgan fingerprint density at radius 2 is 1.77 bits per heavy atom. The van der Waals surface area contributed by atoms with Crippen molar-refractivity contribution in [2.45, 2.75) is 64.1 Å². The number of rotatable bonds is 8. The number of carboxylic acids is 1. The van der Waals surface area contributed by atoms with Crippen molar-refractivity contribution in [3.63, 3.8) is 0 Å². The van der Waals surface area contributed by atoms with Gasteiger partial charge in [0.2, 0.25) is 5.88 Å². The van der Waals surface area contributed by atoms with Crippen LogP contribution >= 0.6 is 0 Å². The van der Waals surface area contributed by atoms with Crippen LogP contribution in [0.25, 0.3) is 11.1 Å². The van der Waals surface area contributed by atoms with E-state index in [0.29, 0.717) is 56.9 Å². The number of carbonyl (C=O) groups is 2. The van der Waals surface area contributed by atoms with Gasteiger partial charge in [0.25, 0.3) is 5.91 Å². The number of piperidine rings is 1. The molecule has 5 rings (SSSR count). The van der Waals surface area contributed by atoms with E-state index in [1.54, 1.807) is 18.3 Å². The highest BCUT2D eigenvalue weighted by Gasteiger charge is 2.58. The van der Waals surface area contributed by atoms with Crippen molar-refractivity contribution in [2.75, 3.05) is 32.8 Å². The predicted molar refractivity (Wildman–Crippen MR) is 143 cm³/mol. The van der Waals surface area contributed by atoms with Crippen molar-refractivity contribution in [3.8, 4) is 17.0 Å². The van der Waals surface area contributed by atoms with Gasteiger partial charge in [-0.3, -0.25) is 4.79 Å². The lowest BCUT2D eigenvalue weighted by Crippen LogP contribution is -2.53. The highest BCUT2D eigenvalue weighted by molar-refractivity contribution is 5.98. The van der Waals surface area contributed by atoms with Gasteiger partial charge in [0.1, 0.15) is 6.04 Å². The highest BCUT2D eigenvalue weighted by atomic mass is 19.4. The Labute approximate surface area is 232 Å². The number of ether oxygens (including phenoxy) is 1. The zero-order valence-electron chi connectivity index (χ0n) is 22.8. The summed E-state index contributed by atoms with van der Waals surface area (Å²) in [5.41, 5.74) is 1.51. The number of halogens is 3. The number of carbonyl (C=O) groups excluding carboxylic acids is 1. The lowest BCUT2D eigenvalue weighted by molar-refractivity contribution is -0.256. The summed E-state index contributed by atoms with van der Waals surface area (Å²) in [6.07, 6.45) is 1.51. The molecule has 2 saturated heterocycles. The average molecular weight is 560 g/mol. The molecule has 0 radical (unpaired) electrons. The molecule has 1 saturated carbocycles. The van der Waals surface area contributed by atoms with Gasteiger partial charge in [-0.1, -0.05) is 18.6 Å². The maximum absolute atomic E-state index is 13.5. The van der Waals surface area contributed by atoms with Crippen LogP contribution in [0.2, 0.25) is 0 Å². The van der Waals surface area contributed by atoms with E-state index in [1.165, 1.54) is 4.90 Å². The smallest absolute Gasteiger partial charge is 0.395 e. The summed E-state index contributed by atoms with van der Waals surface area (Å²) < 4.78 is 46.4. The average Bonchev–Trinajstić information content (AvgIpc) is 3.40. The number of benzene rings is 1. The van der Waals surface area contributed by atoms with E-state index < -0.39 is 23.6 Å². The quantitative estimate of drug-likeness (QED) is 0.456.